The summed E-state index contributed by atoms with van der Waals surface area (Å²) in [5.41, 5.74) is 5.73. The van der Waals surface area contributed by atoms with Crippen LogP contribution in [0.4, 0.5) is 11.5 Å². The molecule has 6 rings (SSSR count). The lowest BCUT2D eigenvalue weighted by atomic mass is 10.1. The first kappa shape index (κ1) is 15.6. The Hall–Kier alpha value is -3.44. The minimum Gasteiger partial charge on any atom is -0.340 e. The lowest BCUT2D eigenvalue weighted by Crippen LogP contribution is -1.99. The summed E-state index contributed by atoms with van der Waals surface area (Å²) in [6, 6.07) is 17.1. The summed E-state index contributed by atoms with van der Waals surface area (Å²) in [6.07, 6.45) is 8.99. The van der Waals surface area contributed by atoms with Crippen molar-refractivity contribution in [2.75, 3.05) is 5.32 Å². The zero-order chi connectivity index (χ0) is 18.5. The highest BCUT2D eigenvalue weighted by atomic mass is 32.1. The van der Waals surface area contributed by atoms with Crippen LogP contribution in [0.2, 0.25) is 0 Å². The zero-order valence-corrected chi connectivity index (χ0v) is 15.8. The van der Waals surface area contributed by atoms with Crippen LogP contribution in [0.5, 0.6) is 0 Å². The number of anilines is 2. The van der Waals surface area contributed by atoms with Gasteiger partial charge in [0.2, 0.25) is 0 Å². The van der Waals surface area contributed by atoms with Crippen LogP contribution in [0, 0.1) is 0 Å². The molecule has 134 valence electrons. The van der Waals surface area contributed by atoms with E-state index in [2.05, 4.69) is 81.2 Å². The van der Waals surface area contributed by atoms with Gasteiger partial charge in [-0.3, -0.25) is 5.10 Å². The van der Waals surface area contributed by atoms with Crippen molar-refractivity contribution in [2.45, 2.75) is 6.42 Å². The van der Waals surface area contributed by atoms with E-state index in [4.69, 9.17) is 0 Å². The highest BCUT2D eigenvalue weighted by Gasteiger charge is 2.14. The number of allylic oxidation sites excluding steroid dienone is 1. The van der Waals surface area contributed by atoms with Crippen LogP contribution < -0.4 is 5.32 Å². The van der Waals surface area contributed by atoms with Crippen LogP contribution in [0.15, 0.2) is 67.0 Å². The quantitative estimate of drug-likeness (QED) is 0.394. The van der Waals surface area contributed by atoms with Crippen molar-refractivity contribution in [3.8, 4) is 10.4 Å². The molecule has 0 unspecified atom stereocenters. The first-order chi connectivity index (χ1) is 13.8. The van der Waals surface area contributed by atoms with Gasteiger partial charge >= 0.3 is 0 Å². The third kappa shape index (κ3) is 2.44. The smallest absolute Gasteiger partial charge is 0.134 e. The lowest BCUT2D eigenvalue weighted by Gasteiger charge is -2.12. The molecular weight excluding hydrogens is 364 g/mol. The molecule has 1 aliphatic carbocycles. The molecule has 5 aromatic rings. The number of thiophene rings is 1. The van der Waals surface area contributed by atoms with E-state index in [9.17, 15) is 0 Å². The number of benzene rings is 2. The maximum atomic E-state index is 4.58. The van der Waals surface area contributed by atoms with Crippen LogP contribution in [0.3, 0.4) is 0 Å². The molecule has 0 amide bonds. The molecule has 0 aliphatic heterocycles. The predicted octanol–water partition coefficient (Wildman–Crippen LogP) is 6.15. The van der Waals surface area contributed by atoms with Crippen molar-refractivity contribution < 1.29 is 0 Å². The second-order valence-electron chi connectivity index (χ2n) is 6.97. The average molecular weight is 380 g/mol. The summed E-state index contributed by atoms with van der Waals surface area (Å²) in [5.74, 6) is 0.924. The van der Waals surface area contributed by atoms with Gasteiger partial charge in [-0.15, -0.1) is 11.3 Å². The predicted molar refractivity (Wildman–Crippen MR) is 117 cm³/mol. The monoisotopic (exact) mass is 380 g/mol. The van der Waals surface area contributed by atoms with E-state index < -0.39 is 0 Å². The Balaban J connectivity index is 1.49. The SMILES string of the molecule is C1=Cc2ccnc(Nc3cc(-c4cc5ccccc5s4)c4[nH]ncc4c3)c2C1. The highest BCUT2D eigenvalue weighted by molar-refractivity contribution is 7.22. The van der Waals surface area contributed by atoms with Gasteiger partial charge in [0, 0.05) is 38.0 Å². The molecule has 0 radical (unpaired) electrons. The Labute approximate surface area is 165 Å². The van der Waals surface area contributed by atoms with Crippen LogP contribution in [-0.2, 0) is 6.42 Å². The fourth-order valence-electron chi connectivity index (χ4n) is 3.86. The van der Waals surface area contributed by atoms with Gasteiger partial charge in [0.25, 0.3) is 0 Å². The molecule has 3 heterocycles. The Morgan fingerprint density at radius 3 is 2.96 bits per heavy atom. The van der Waals surface area contributed by atoms with E-state index in [1.165, 1.54) is 26.1 Å². The normalized spacial score (nSPS) is 12.7. The highest BCUT2D eigenvalue weighted by Crippen LogP contribution is 2.39. The summed E-state index contributed by atoms with van der Waals surface area (Å²) in [4.78, 5) is 5.81. The summed E-state index contributed by atoms with van der Waals surface area (Å²) in [5, 5.41) is 13.3. The molecule has 2 N–H and O–H groups in total. The largest absolute Gasteiger partial charge is 0.340 e. The zero-order valence-electron chi connectivity index (χ0n) is 14.9. The number of H-pyrrole nitrogens is 1. The second kappa shape index (κ2) is 6.04. The minimum absolute atomic E-state index is 0.919. The van der Waals surface area contributed by atoms with Crippen molar-refractivity contribution in [2.24, 2.45) is 0 Å². The number of pyridine rings is 1. The second-order valence-corrected chi connectivity index (χ2v) is 8.05. The average Bonchev–Trinajstić information content (AvgIpc) is 3.45. The van der Waals surface area contributed by atoms with Gasteiger partial charge in [0.15, 0.2) is 0 Å². The first-order valence-electron chi connectivity index (χ1n) is 9.23. The molecule has 0 spiro atoms. The van der Waals surface area contributed by atoms with Crippen molar-refractivity contribution >= 4 is 49.9 Å². The van der Waals surface area contributed by atoms with Crippen molar-refractivity contribution in [1.82, 2.24) is 15.2 Å². The molecule has 0 saturated heterocycles. The number of rotatable bonds is 3. The molecule has 5 heteroatoms. The molecule has 4 nitrogen and oxygen atoms in total. The topological polar surface area (TPSA) is 53.6 Å². The van der Waals surface area contributed by atoms with Gasteiger partial charge < -0.3 is 5.32 Å². The third-order valence-electron chi connectivity index (χ3n) is 5.21. The Kier molecular flexibility index (Phi) is 3.36. The van der Waals surface area contributed by atoms with Gasteiger partial charge in [-0.25, -0.2) is 4.98 Å². The van der Waals surface area contributed by atoms with Gasteiger partial charge in [0.05, 0.1) is 11.7 Å². The molecule has 0 bridgehead atoms. The maximum Gasteiger partial charge on any atom is 0.134 e. The van der Waals surface area contributed by atoms with Crippen LogP contribution in [0.25, 0.3) is 37.5 Å². The van der Waals surface area contributed by atoms with Crippen LogP contribution in [0.1, 0.15) is 11.1 Å². The number of hydrogen-bond acceptors (Lipinski definition) is 4. The first-order valence-corrected chi connectivity index (χ1v) is 10.0. The fraction of sp³-hybridized carbons (Fsp3) is 0.0435. The molecule has 0 saturated carbocycles. The van der Waals surface area contributed by atoms with Crippen molar-refractivity contribution in [3.63, 3.8) is 0 Å². The summed E-state index contributed by atoms with van der Waals surface area (Å²) in [7, 11) is 0. The number of hydrogen-bond donors (Lipinski definition) is 2. The number of aromatic nitrogens is 3. The molecular formula is C23H16N4S. The number of fused-ring (bicyclic) bond motifs is 3. The van der Waals surface area contributed by atoms with E-state index >= 15 is 0 Å². The van der Waals surface area contributed by atoms with Gasteiger partial charge in [-0.2, -0.15) is 5.10 Å². The molecule has 2 aromatic carbocycles. The summed E-state index contributed by atoms with van der Waals surface area (Å²) >= 11 is 1.80. The maximum absolute atomic E-state index is 4.58. The van der Waals surface area contributed by atoms with E-state index in [1.807, 2.05) is 12.4 Å². The van der Waals surface area contributed by atoms with E-state index in [0.29, 0.717) is 0 Å². The van der Waals surface area contributed by atoms with Gasteiger partial charge in [-0.05, 0) is 47.7 Å². The molecule has 0 fully saturated rings. The molecule has 0 atom stereocenters. The van der Waals surface area contributed by atoms with E-state index in [1.54, 1.807) is 11.3 Å². The third-order valence-corrected chi connectivity index (χ3v) is 6.36. The van der Waals surface area contributed by atoms with Crippen LogP contribution >= 0.6 is 11.3 Å². The van der Waals surface area contributed by atoms with Crippen LogP contribution in [-0.4, -0.2) is 15.2 Å². The molecule has 28 heavy (non-hydrogen) atoms. The standard InChI is InChI=1S/C23H16N4S/c1-2-7-20-15(4-1)11-21(28-20)19-12-17(10-16-13-25-27-22(16)19)26-23-18-6-3-5-14(18)8-9-24-23/h1-5,7-13H,6H2,(H,24,26)(H,25,27). The number of nitrogens with one attached hydrogen (secondary N) is 2. The Morgan fingerprint density at radius 2 is 2.00 bits per heavy atom. The van der Waals surface area contributed by atoms with E-state index in [0.717, 1.165) is 34.4 Å². The minimum atomic E-state index is 0.919. The molecule has 1 aliphatic rings. The summed E-state index contributed by atoms with van der Waals surface area (Å²) < 4.78 is 1.29. The summed E-state index contributed by atoms with van der Waals surface area (Å²) in [6.45, 7) is 0. The van der Waals surface area contributed by atoms with Gasteiger partial charge in [0.1, 0.15) is 5.82 Å². The van der Waals surface area contributed by atoms with Gasteiger partial charge in [-0.1, -0.05) is 30.4 Å². The van der Waals surface area contributed by atoms with Crippen molar-refractivity contribution in [1.29, 1.82) is 0 Å². The lowest BCUT2D eigenvalue weighted by molar-refractivity contribution is 1.12. The number of nitrogens with zero attached hydrogens (tertiary/aromatic N) is 2. The van der Waals surface area contributed by atoms with Crippen molar-refractivity contribution in [3.05, 3.63) is 78.1 Å². The Bertz CT molecular complexity index is 1340. The Morgan fingerprint density at radius 1 is 1.04 bits per heavy atom. The number of aromatic amines is 1. The van der Waals surface area contributed by atoms with E-state index in [-0.39, 0.29) is 0 Å². The molecule has 3 aromatic heterocycles. The fourth-order valence-corrected chi connectivity index (χ4v) is 4.95.